The molecule has 1 aromatic heterocycles. The molecule has 6 nitrogen and oxygen atoms in total. The van der Waals surface area contributed by atoms with Crippen LogP contribution in [0.15, 0.2) is 6.07 Å². The number of hydrogen-bond acceptors (Lipinski definition) is 6. The number of nitrogen functional groups attached to an aromatic ring is 1. The van der Waals surface area contributed by atoms with Gasteiger partial charge >= 0.3 is 0 Å². The summed E-state index contributed by atoms with van der Waals surface area (Å²) >= 11 is 0. The molecular formula is C13H25N5O. The average Bonchev–Trinajstić information content (AvgIpc) is 2.36. The van der Waals surface area contributed by atoms with Gasteiger partial charge in [-0.3, -0.25) is 0 Å². The molecular weight excluding hydrogens is 242 g/mol. The molecule has 0 radical (unpaired) electrons. The smallest absolute Gasteiger partial charge is 0.223 e. The van der Waals surface area contributed by atoms with E-state index < -0.39 is 0 Å². The fraction of sp³-hybridized carbons (Fsp3) is 0.692. The molecule has 0 fully saturated rings. The predicted octanol–water partition coefficient (Wildman–Crippen LogP) is 2.11. The normalized spacial score (nSPS) is 12.2. The summed E-state index contributed by atoms with van der Waals surface area (Å²) in [4.78, 5) is 8.36. The highest BCUT2D eigenvalue weighted by Crippen LogP contribution is 2.15. The Morgan fingerprint density at radius 3 is 2.63 bits per heavy atom. The summed E-state index contributed by atoms with van der Waals surface area (Å²) in [5.74, 6) is 1.77. The summed E-state index contributed by atoms with van der Waals surface area (Å²) in [5.41, 5.74) is 5.72. The summed E-state index contributed by atoms with van der Waals surface area (Å²) in [6.07, 6.45) is 3.15. The van der Waals surface area contributed by atoms with E-state index in [0.29, 0.717) is 6.61 Å². The van der Waals surface area contributed by atoms with Crippen LogP contribution in [0, 0.1) is 0 Å². The van der Waals surface area contributed by atoms with Gasteiger partial charge in [0.05, 0.1) is 12.6 Å². The minimum Gasteiger partial charge on any atom is -0.383 e. The van der Waals surface area contributed by atoms with Gasteiger partial charge in [-0.25, -0.2) is 0 Å². The first kappa shape index (κ1) is 15.5. The number of hydrogen-bond donors (Lipinski definition) is 3. The van der Waals surface area contributed by atoms with Gasteiger partial charge in [0.15, 0.2) is 0 Å². The number of methoxy groups -OCH3 is 1. The van der Waals surface area contributed by atoms with Gasteiger partial charge < -0.3 is 21.1 Å². The van der Waals surface area contributed by atoms with E-state index in [4.69, 9.17) is 10.5 Å². The maximum atomic E-state index is 5.72. The quantitative estimate of drug-likeness (QED) is 0.635. The molecule has 0 saturated carbocycles. The van der Waals surface area contributed by atoms with Crippen molar-refractivity contribution in [2.45, 2.75) is 39.2 Å². The zero-order valence-corrected chi connectivity index (χ0v) is 12.1. The molecule has 0 bridgehead atoms. The topological polar surface area (TPSA) is 85.1 Å². The Bertz CT molecular complexity index is 366. The molecule has 19 heavy (non-hydrogen) atoms. The van der Waals surface area contributed by atoms with E-state index in [1.807, 2.05) is 6.07 Å². The number of rotatable bonds is 9. The number of aromatic nitrogens is 2. The molecule has 1 rings (SSSR count). The molecule has 4 N–H and O–H groups in total. The van der Waals surface area contributed by atoms with Crippen LogP contribution in [-0.4, -0.2) is 36.3 Å². The van der Waals surface area contributed by atoms with Crippen LogP contribution in [0.25, 0.3) is 0 Å². The summed E-state index contributed by atoms with van der Waals surface area (Å²) < 4.78 is 5.20. The molecule has 108 valence electrons. The van der Waals surface area contributed by atoms with Gasteiger partial charge in [-0.15, -0.1) is 0 Å². The van der Waals surface area contributed by atoms with Crippen molar-refractivity contribution in [2.75, 3.05) is 36.6 Å². The van der Waals surface area contributed by atoms with Crippen molar-refractivity contribution in [3.8, 4) is 0 Å². The molecule has 0 amide bonds. The lowest BCUT2D eigenvalue weighted by molar-refractivity contribution is 0.182. The first-order chi connectivity index (χ1) is 9.19. The van der Waals surface area contributed by atoms with Crippen LogP contribution in [-0.2, 0) is 4.74 Å². The predicted molar refractivity (Wildman–Crippen MR) is 79.4 cm³/mol. The van der Waals surface area contributed by atoms with Crippen LogP contribution in [0.1, 0.15) is 33.1 Å². The van der Waals surface area contributed by atoms with Crippen molar-refractivity contribution >= 4 is 17.6 Å². The second-order valence-electron chi connectivity index (χ2n) is 4.51. The molecule has 1 heterocycles. The maximum absolute atomic E-state index is 5.72. The van der Waals surface area contributed by atoms with Crippen LogP contribution in [0.4, 0.5) is 17.6 Å². The van der Waals surface area contributed by atoms with E-state index in [-0.39, 0.29) is 12.0 Å². The third kappa shape index (κ3) is 5.74. The highest BCUT2D eigenvalue weighted by molar-refractivity contribution is 5.51. The molecule has 0 aliphatic heterocycles. The Kier molecular flexibility index (Phi) is 6.95. The van der Waals surface area contributed by atoms with Crippen molar-refractivity contribution in [1.82, 2.24) is 9.97 Å². The molecule has 0 spiro atoms. The standard InChI is InChI=1S/C13H25N5O/c1-4-6-10(9-19-3)16-12-8-11(15-7-5-2)17-13(14)18-12/h8,10H,4-7,9H2,1-3H3,(H4,14,15,16,17,18). The third-order valence-corrected chi connectivity index (χ3v) is 2.66. The zero-order valence-electron chi connectivity index (χ0n) is 12.1. The van der Waals surface area contributed by atoms with Gasteiger partial charge in [0, 0.05) is 19.7 Å². The van der Waals surface area contributed by atoms with Crippen molar-refractivity contribution in [3.63, 3.8) is 0 Å². The second kappa shape index (κ2) is 8.53. The molecule has 1 aromatic rings. The van der Waals surface area contributed by atoms with Gasteiger partial charge in [-0.2, -0.15) is 9.97 Å². The molecule has 0 aliphatic rings. The van der Waals surface area contributed by atoms with E-state index in [1.54, 1.807) is 7.11 Å². The molecule has 0 aromatic carbocycles. The van der Waals surface area contributed by atoms with Gasteiger partial charge in [0.2, 0.25) is 5.95 Å². The van der Waals surface area contributed by atoms with E-state index >= 15 is 0 Å². The summed E-state index contributed by atoms with van der Waals surface area (Å²) in [7, 11) is 1.70. The van der Waals surface area contributed by atoms with Crippen molar-refractivity contribution in [3.05, 3.63) is 6.07 Å². The molecule has 1 unspecified atom stereocenters. The SMILES string of the molecule is CCCNc1cc(NC(CCC)COC)nc(N)n1. The van der Waals surface area contributed by atoms with Crippen LogP contribution in [0.2, 0.25) is 0 Å². The fourth-order valence-corrected chi connectivity index (χ4v) is 1.84. The number of nitrogens with zero attached hydrogens (tertiary/aromatic N) is 2. The van der Waals surface area contributed by atoms with Crippen molar-refractivity contribution in [1.29, 1.82) is 0 Å². The van der Waals surface area contributed by atoms with Crippen LogP contribution in [0.3, 0.4) is 0 Å². The van der Waals surface area contributed by atoms with Gasteiger partial charge in [0.25, 0.3) is 0 Å². The Morgan fingerprint density at radius 2 is 2.00 bits per heavy atom. The molecule has 0 aliphatic carbocycles. The monoisotopic (exact) mass is 267 g/mol. The maximum Gasteiger partial charge on any atom is 0.223 e. The first-order valence-electron chi connectivity index (χ1n) is 6.83. The minimum absolute atomic E-state index is 0.239. The van der Waals surface area contributed by atoms with E-state index in [1.165, 1.54) is 0 Å². The highest BCUT2D eigenvalue weighted by Gasteiger charge is 2.09. The third-order valence-electron chi connectivity index (χ3n) is 2.66. The highest BCUT2D eigenvalue weighted by atomic mass is 16.5. The summed E-state index contributed by atoms with van der Waals surface area (Å²) in [6, 6.07) is 2.12. The van der Waals surface area contributed by atoms with E-state index in [9.17, 15) is 0 Å². The van der Waals surface area contributed by atoms with Gasteiger partial charge in [0.1, 0.15) is 11.6 Å². The van der Waals surface area contributed by atoms with Crippen molar-refractivity contribution < 1.29 is 4.74 Å². The zero-order chi connectivity index (χ0) is 14.1. The summed E-state index contributed by atoms with van der Waals surface area (Å²) in [5, 5.41) is 6.55. The fourth-order valence-electron chi connectivity index (χ4n) is 1.84. The minimum atomic E-state index is 0.239. The second-order valence-corrected chi connectivity index (χ2v) is 4.51. The van der Waals surface area contributed by atoms with E-state index in [0.717, 1.165) is 37.4 Å². The number of nitrogens with two attached hydrogens (primary N) is 1. The van der Waals surface area contributed by atoms with Gasteiger partial charge in [-0.05, 0) is 12.8 Å². The largest absolute Gasteiger partial charge is 0.383 e. The van der Waals surface area contributed by atoms with E-state index in [2.05, 4.69) is 34.4 Å². The van der Waals surface area contributed by atoms with Crippen LogP contribution < -0.4 is 16.4 Å². The lowest BCUT2D eigenvalue weighted by atomic mass is 10.2. The van der Waals surface area contributed by atoms with Gasteiger partial charge in [-0.1, -0.05) is 20.3 Å². The molecule has 1 atom stereocenters. The van der Waals surface area contributed by atoms with Crippen LogP contribution >= 0.6 is 0 Å². The van der Waals surface area contributed by atoms with Crippen molar-refractivity contribution in [2.24, 2.45) is 0 Å². The van der Waals surface area contributed by atoms with Crippen LogP contribution in [0.5, 0.6) is 0 Å². The lowest BCUT2D eigenvalue weighted by Crippen LogP contribution is -2.25. The number of ether oxygens (including phenoxy) is 1. The average molecular weight is 267 g/mol. The Labute approximate surface area is 115 Å². The molecule has 0 saturated heterocycles. The Hall–Kier alpha value is -1.56. The summed E-state index contributed by atoms with van der Waals surface area (Å²) in [6.45, 7) is 5.77. The Morgan fingerprint density at radius 1 is 1.26 bits per heavy atom. The lowest BCUT2D eigenvalue weighted by Gasteiger charge is -2.18. The number of nitrogens with one attached hydrogen (secondary N) is 2. The first-order valence-corrected chi connectivity index (χ1v) is 6.83. The number of anilines is 3. The Balaban J connectivity index is 2.72. The molecule has 6 heteroatoms.